The number of likely N-dealkylation sites (tertiary alicyclic amines) is 1. The number of hydrogen-bond acceptors (Lipinski definition) is 8. The van der Waals surface area contributed by atoms with Crippen molar-refractivity contribution in [2.45, 2.75) is 38.8 Å². The van der Waals surface area contributed by atoms with Gasteiger partial charge >= 0.3 is 0 Å². The lowest BCUT2D eigenvalue weighted by atomic mass is 9.82. The van der Waals surface area contributed by atoms with Crippen molar-refractivity contribution in [1.29, 1.82) is 0 Å². The van der Waals surface area contributed by atoms with Crippen molar-refractivity contribution < 1.29 is 4.52 Å². The molecule has 2 N–H and O–H groups in total. The Hall–Kier alpha value is -3.07. The summed E-state index contributed by atoms with van der Waals surface area (Å²) in [7, 11) is 0. The van der Waals surface area contributed by atoms with Crippen molar-refractivity contribution in [3.05, 3.63) is 52.3 Å². The number of nitrogens with zero attached hydrogens (tertiary/aromatic N) is 6. The maximum Gasteiger partial charge on any atom is 0.251 e. The van der Waals surface area contributed by atoms with Gasteiger partial charge in [0, 0.05) is 55.4 Å². The predicted molar refractivity (Wildman–Crippen MR) is 106 cm³/mol. The lowest BCUT2D eigenvalue weighted by Crippen LogP contribution is -2.46. The molecular weight excluding hydrogens is 370 g/mol. The highest BCUT2D eigenvalue weighted by atomic mass is 16.5. The van der Waals surface area contributed by atoms with Gasteiger partial charge in [0.15, 0.2) is 5.82 Å². The zero-order valence-corrected chi connectivity index (χ0v) is 16.3. The molecule has 2 aliphatic heterocycles. The van der Waals surface area contributed by atoms with Gasteiger partial charge in [0.2, 0.25) is 5.89 Å². The lowest BCUT2D eigenvalue weighted by Gasteiger charge is -2.42. The highest BCUT2D eigenvalue weighted by Gasteiger charge is 2.35. The number of nitrogens with two attached hydrogens (primary N) is 1. The summed E-state index contributed by atoms with van der Waals surface area (Å²) in [5, 5.41) is 4.09. The van der Waals surface area contributed by atoms with Crippen LogP contribution >= 0.6 is 0 Å². The molecule has 0 unspecified atom stereocenters. The SMILES string of the molecule is CCc1nc(CN2C[C@@H]3C[C@H](C2)c2cc(-c4cc(N)ncn4)cc(=O)n2C3)no1. The number of piperidine rings is 1. The van der Waals surface area contributed by atoms with Gasteiger partial charge < -0.3 is 14.8 Å². The molecule has 0 radical (unpaired) electrons. The van der Waals surface area contributed by atoms with E-state index < -0.39 is 0 Å². The fourth-order valence-electron chi connectivity index (χ4n) is 4.56. The minimum absolute atomic E-state index is 0.0172. The van der Waals surface area contributed by atoms with Gasteiger partial charge in [0.25, 0.3) is 5.56 Å². The van der Waals surface area contributed by atoms with Crippen molar-refractivity contribution >= 4 is 5.82 Å². The van der Waals surface area contributed by atoms with Crippen molar-refractivity contribution in [1.82, 2.24) is 29.6 Å². The fourth-order valence-corrected chi connectivity index (χ4v) is 4.56. The number of nitrogen functional groups attached to an aromatic ring is 1. The molecule has 0 amide bonds. The molecule has 0 aliphatic carbocycles. The third-order valence-corrected chi connectivity index (χ3v) is 5.79. The van der Waals surface area contributed by atoms with E-state index in [1.54, 1.807) is 12.1 Å². The molecule has 5 heterocycles. The van der Waals surface area contributed by atoms with E-state index in [1.807, 2.05) is 11.5 Å². The Morgan fingerprint density at radius 1 is 1.21 bits per heavy atom. The average molecular weight is 393 g/mol. The number of anilines is 1. The summed E-state index contributed by atoms with van der Waals surface area (Å²) in [5.74, 6) is 2.51. The van der Waals surface area contributed by atoms with Gasteiger partial charge in [0.1, 0.15) is 12.1 Å². The van der Waals surface area contributed by atoms with Crippen molar-refractivity contribution in [3.63, 3.8) is 0 Å². The van der Waals surface area contributed by atoms with Crippen LogP contribution in [0.25, 0.3) is 11.3 Å². The first-order valence-corrected chi connectivity index (χ1v) is 9.95. The first-order valence-electron chi connectivity index (χ1n) is 9.95. The molecule has 2 bridgehead atoms. The average Bonchev–Trinajstić information content (AvgIpc) is 3.16. The molecule has 2 atom stereocenters. The molecular formula is C20H23N7O2. The molecule has 0 saturated carbocycles. The zero-order chi connectivity index (χ0) is 20.0. The minimum atomic E-state index is 0.0172. The van der Waals surface area contributed by atoms with Crippen LogP contribution in [0.1, 0.15) is 36.7 Å². The summed E-state index contributed by atoms with van der Waals surface area (Å²) in [6.07, 6.45) is 3.25. The molecule has 0 aromatic carbocycles. The molecule has 9 heteroatoms. The summed E-state index contributed by atoms with van der Waals surface area (Å²) in [5.41, 5.74) is 8.34. The van der Waals surface area contributed by atoms with Crippen LogP contribution in [0.4, 0.5) is 5.82 Å². The monoisotopic (exact) mass is 393 g/mol. The van der Waals surface area contributed by atoms with Gasteiger partial charge in [-0.2, -0.15) is 4.98 Å². The predicted octanol–water partition coefficient (Wildman–Crippen LogP) is 1.45. The molecule has 3 aromatic rings. The van der Waals surface area contributed by atoms with Crippen LogP contribution in [0.2, 0.25) is 0 Å². The van der Waals surface area contributed by atoms with Gasteiger partial charge in [-0.3, -0.25) is 9.69 Å². The highest BCUT2D eigenvalue weighted by Crippen LogP contribution is 2.36. The molecule has 9 nitrogen and oxygen atoms in total. The van der Waals surface area contributed by atoms with Crippen LogP contribution in [-0.4, -0.2) is 42.7 Å². The standard InChI is InChI=1S/C20H23N7O2/c1-2-19-24-18(25-29-19)10-26-7-12-3-14(9-26)16-4-13(5-20(28)27(16)8-12)15-6-17(21)23-11-22-15/h4-6,11-12,14H,2-3,7-10H2,1H3,(H2,21,22,23)/t12-,14+/m0/s1. The van der Waals surface area contributed by atoms with Crippen LogP contribution in [0.15, 0.2) is 33.8 Å². The second kappa shape index (κ2) is 7.07. The van der Waals surface area contributed by atoms with Crippen LogP contribution < -0.4 is 11.3 Å². The minimum Gasteiger partial charge on any atom is -0.384 e. The molecule has 3 aromatic heterocycles. The summed E-state index contributed by atoms with van der Waals surface area (Å²) in [6, 6.07) is 5.43. The van der Waals surface area contributed by atoms with Crippen LogP contribution in [0.3, 0.4) is 0 Å². The second-order valence-corrected chi connectivity index (χ2v) is 7.90. The Balaban J connectivity index is 1.44. The number of hydrogen-bond donors (Lipinski definition) is 1. The first kappa shape index (κ1) is 18.0. The van der Waals surface area contributed by atoms with Crippen LogP contribution in [-0.2, 0) is 19.5 Å². The first-order chi connectivity index (χ1) is 14.1. The maximum absolute atomic E-state index is 12.8. The van der Waals surface area contributed by atoms with Gasteiger partial charge in [-0.15, -0.1) is 0 Å². The Labute approximate surface area is 167 Å². The van der Waals surface area contributed by atoms with Gasteiger partial charge in [-0.05, 0) is 18.4 Å². The third kappa shape index (κ3) is 3.42. The van der Waals surface area contributed by atoms with E-state index in [2.05, 4.69) is 31.1 Å². The number of rotatable bonds is 4. The van der Waals surface area contributed by atoms with Gasteiger partial charge in [0.05, 0.1) is 12.2 Å². The molecule has 2 aliphatic rings. The number of aromatic nitrogens is 5. The van der Waals surface area contributed by atoms with Crippen molar-refractivity contribution in [2.24, 2.45) is 5.92 Å². The lowest BCUT2D eigenvalue weighted by molar-refractivity contribution is 0.111. The van der Waals surface area contributed by atoms with Crippen LogP contribution in [0, 0.1) is 5.92 Å². The molecule has 1 fully saturated rings. The Morgan fingerprint density at radius 3 is 2.90 bits per heavy atom. The third-order valence-electron chi connectivity index (χ3n) is 5.79. The smallest absolute Gasteiger partial charge is 0.251 e. The molecule has 1 saturated heterocycles. The van der Waals surface area contributed by atoms with E-state index in [1.165, 1.54) is 6.33 Å². The Morgan fingerprint density at radius 2 is 2.10 bits per heavy atom. The number of pyridine rings is 1. The highest BCUT2D eigenvalue weighted by molar-refractivity contribution is 5.61. The summed E-state index contributed by atoms with van der Waals surface area (Å²) in [6.45, 7) is 5.20. The molecule has 5 rings (SSSR count). The molecule has 0 spiro atoms. The topological polar surface area (TPSA) is 116 Å². The Bertz CT molecular complexity index is 1110. The van der Waals surface area contributed by atoms with Crippen molar-refractivity contribution in [3.8, 4) is 11.3 Å². The number of aryl methyl sites for hydroxylation is 1. The van der Waals surface area contributed by atoms with E-state index >= 15 is 0 Å². The second-order valence-electron chi connectivity index (χ2n) is 7.90. The van der Waals surface area contributed by atoms with Crippen molar-refractivity contribution in [2.75, 3.05) is 18.8 Å². The fraction of sp³-hybridized carbons (Fsp3) is 0.450. The molecule has 150 valence electrons. The van der Waals surface area contributed by atoms with Gasteiger partial charge in [-0.1, -0.05) is 12.1 Å². The summed E-state index contributed by atoms with van der Waals surface area (Å²) in [4.78, 5) is 27.9. The number of fused-ring (bicyclic) bond motifs is 4. The normalized spacial score (nSPS) is 21.1. The quantitative estimate of drug-likeness (QED) is 0.708. The van der Waals surface area contributed by atoms with Gasteiger partial charge in [-0.25, -0.2) is 9.97 Å². The van der Waals surface area contributed by atoms with E-state index in [0.717, 1.165) is 49.6 Å². The van der Waals surface area contributed by atoms with E-state index in [9.17, 15) is 4.79 Å². The molecule has 29 heavy (non-hydrogen) atoms. The van der Waals surface area contributed by atoms with E-state index in [4.69, 9.17) is 10.3 Å². The summed E-state index contributed by atoms with van der Waals surface area (Å²) < 4.78 is 7.16. The van der Waals surface area contributed by atoms with Crippen LogP contribution in [0.5, 0.6) is 0 Å². The zero-order valence-electron chi connectivity index (χ0n) is 16.3. The maximum atomic E-state index is 12.8. The summed E-state index contributed by atoms with van der Waals surface area (Å²) >= 11 is 0. The Kier molecular flexibility index (Phi) is 4.39. The van der Waals surface area contributed by atoms with E-state index in [0.29, 0.717) is 29.9 Å². The van der Waals surface area contributed by atoms with E-state index in [-0.39, 0.29) is 11.5 Å². The largest absolute Gasteiger partial charge is 0.384 e.